The molecule has 0 atom stereocenters. The summed E-state index contributed by atoms with van der Waals surface area (Å²) < 4.78 is 0.829. The van der Waals surface area contributed by atoms with E-state index in [1.807, 2.05) is 24.3 Å². The lowest BCUT2D eigenvalue weighted by molar-refractivity contribution is -0.426. The van der Waals surface area contributed by atoms with Crippen molar-refractivity contribution in [2.24, 2.45) is 0 Å². The summed E-state index contributed by atoms with van der Waals surface area (Å²) in [7, 11) is 1.48. The van der Waals surface area contributed by atoms with E-state index in [0.717, 1.165) is 15.7 Å². The molecule has 2 rings (SSSR count). The fourth-order valence-corrected chi connectivity index (χ4v) is 1.34. The number of aromatic nitrogens is 1. The minimum Gasteiger partial charge on any atom is -0.249 e. The molecular formula is C10H9N2O+. The van der Waals surface area contributed by atoms with Crippen molar-refractivity contribution in [3.63, 3.8) is 0 Å². The van der Waals surface area contributed by atoms with Gasteiger partial charge in [0, 0.05) is 27.3 Å². The third-order valence-corrected chi connectivity index (χ3v) is 1.95. The molecule has 1 aromatic carbocycles. The molecule has 0 aliphatic rings. The first kappa shape index (κ1) is 7.86. The van der Waals surface area contributed by atoms with Crippen LogP contribution in [0.25, 0.3) is 10.9 Å². The first-order valence-electron chi connectivity index (χ1n) is 4.03. The second-order valence-electron chi connectivity index (χ2n) is 2.85. The lowest BCUT2D eigenvalue weighted by Gasteiger charge is -1.95. The quantitative estimate of drug-likeness (QED) is 0.620. The Bertz CT molecular complexity index is 460. The van der Waals surface area contributed by atoms with Crippen LogP contribution in [0.4, 0.5) is 5.69 Å². The van der Waals surface area contributed by atoms with Crippen molar-refractivity contribution in [3.8, 4) is 0 Å². The van der Waals surface area contributed by atoms with Crippen LogP contribution in [-0.2, 0) is 0 Å². The van der Waals surface area contributed by atoms with Crippen molar-refractivity contribution < 1.29 is 4.76 Å². The Hall–Kier alpha value is -1.77. The van der Waals surface area contributed by atoms with Gasteiger partial charge in [0.1, 0.15) is 5.52 Å². The third kappa shape index (κ3) is 1.28. The van der Waals surface area contributed by atoms with Crippen molar-refractivity contribution in [2.45, 2.75) is 0 Å². The van der Waals surface area contributed by atoms with E-state index in [2.05, 4.69) is 4.98 Å². The molecule has 0 saturated heterocycles. The molecule has 1 aromatic heterocycles. The van der Waals surface area contributed by atoms with Gasteiger partial charge >= 0.3 is 0 Å². The molecule has 2 aromatic rings. The molecule has 0 amide bonds. The van der Waals surface area contributed by atoms with Gasteiger partial charge in [0.25, 0.3) is 5.69 Å². The molecule has 0 radical (unpaired) electrons. The lowest BCUT2D eigenvalue weighted by atomic mass is 10.2. The topological polar surface area (TPSA) is 33.0 Å². The first-order chi connectivity index (χ1) is 6.29. The Balaban J connectivity index is 2.83. The maximum absolute atomic E-state index is 11.1. The number of para-hydroxylation sites is 1. The van der Waals surface area contributed by atoms with Crippen LogP contribution in [0.2, 0.25) is 0 Å². The van der Waals surface area contributed by atoms with Crippen molar-refractivity contribution in [2.75, 3.05) is 7.05 Å². The molecule has 1 heterocycles. The summed E-state index contributed by atoms with van der Waals surface area (Å²) in [6, 6.07) is 9.36. The van der Waals surface area contributed by atoms with E-state index in [4.69, 9.17) is 0 Å². The maximum atomic E-state index is 11.1. The molecule has 0 aliphatic carbocycles. The molecule has 0 unspecified atom stereocenters. The largest absolute Gasteiger partial charge is 0.281 e. The highest BCUT2D eigenvalue weighted by molar-refractivity contribution is 5.86. The van der Waals surface area contributed by atoms with E-state index in [1.54, 1.807) is 12.3 Å². The summed E-state index contributed by atoms with van der Waals surface area (Å²) in [5.74, 6) is 0. The third-order valence-electron chi connectivity index (χ3n) is 1.95. The minimum absolute atomic E-state index is 0.609. The first-order valence-corrected chi connectivity index (χ1v) is 4.03. The van der Waals surface area contributed by atoms with Crippen LogP contribution >= 0.6 is 0 Å². The summed E-state index contributed by atoms with van der Waals surface area (Å²) in [5, 5.41) is 0.989. The van der Waals surface area contributed by atoms with Gasteiger partial charge in [-0.15, -0.1) is 0 Å². The Morgan fingerprint density at radius 2 is 2.00 bits per heavy atom. The van der Waals surface area contributed by atoms with Gasteiger partial charge in [-0.1, -0.05) is 18.2 Å². The van der Waals surface area contributed by atoms with Crippen LogP contribution in [0.3, 0.4) is 0 Å². The van der Waals surface area contributed by atoms with E-state index in [0.29, 0.717) is 5.69 Å². The molecule has 0 spiro atoms. The SMILES string of the molecule is C[N+](=O)c1cccc2cccnc12. The summed E-state index contributed by atoms with van der Waals surface area (Å²) >= 11 is 0. The van der Waals surface area contributed by atoms with Crippen molar-refractivity contribution in [1.29, 1.82) is 0 Å². The maximum Gasteiger partial charge on any atom is 0.281 e. The van der Waals surface area contributed by atoms with E-state index in [9.17, 15) is 4.91 Å². The van der Waals surface area contributed by atoms with Crippen LogP contribution in [0, 0.1) is 4.91 Å². The number of hydrogen-bond acceptors (Lipinski definition) is 2. The average molecular weight is 173 g/mol. The van der Waals surface area contributed by atoms with Gasteiger partial charge in [-0.05, 0) is 6.07 Å². The molecular weight excluding hydrogens is 164 g/mol. The molecule has 0 saturated carbocycles. The fraction of sp³-hybridized carbons (Fsp3) is 0.100. The van der Waals surface area contributed by atoms with E-state index in [-0.39, 0.29) is 0 Å². The van der Waals surface area contributed by atoms with Crippen LogP contribution < -0.4 is 0 Å². The van der Waals surface area contributed by atoms with Gasteiger partial charge in [-0.3, -0.25) is 0 Å². The van der Waals surface area contributed by atoms with Crippen LogP contribution in [0.5, 0.6) is 0 Å². The summed E-state index contributed by atoms with van der Waals surface area (Å²) in [6.07, 6.45) is 1.69. The highest BCUT2D eigenvalue weighted by Gasteiger charge is 2.11. The number of hydrogen-bond donors (Lipinski definition) is 0. The van der Waals surface area contributed by atoms with Crippen LogP contribution in [-0.4, -0.2) is 16.8 Å². The number of pyridine rings is 1. The normalized spacial score (nSPS) is 10.2. The molecule has 0 N–H and O–H groups in total. The number of nitroso groups, excluding NO2 is 1. The van der Waals surface area contributed by atoms with Crippen molar-refractivity contribution >= 4 is 16.6 Å². The zero-order chi connectivity index (χ0) is 9.26. The predicted octanol–water partition coefficient (Wildman–Crippen LogP) is 2.28. The lowest BCUT2D eigenvalue weighted by Crippen LogP contribution is -1.92. The monoisotopic (exact) mass is 173 g/mol. The average Bonchev–Trinajstić information content (AvgIpc) is 2.17. The van der Waals surface area contributed by atoms with Crippen LogP contribution in [0.1, 0.15) is 0 Å². The standard InChI is InChI=1S/C10H9N2O/c1-12(13)9-6-2-4-8-5-3-7-11-10(8)9/h2-7H,1H3/q+1. The summed E-state index contributed by atoms with van der Waals surface area (Å²) in [6.45, 7) is 0. The van der Waals surface area contributed by atoms with Crippen molar-refractivity contribution in [1.82, 2.24) is 4.98 Å². The van der Waals surface area contributed by atoms with Gasteiger partial charge in [0.05, 0.1) is 0 Å². The molecule has 3 nitrogen and oxygen atoms in total. The molecule has 0 fully saturated rings. The zero-order valence-electron chi connectivity index (χ0n) is 7.27. The van der Waals surface area contributed by atoms with Gasteiger partial charge in [0.2, 0.25) is 0 Å². The number of nitrogens with zero attached hydrogens (tertiary/aromatic N) is 2. The second kappa shape index (κ2) is 2.94. The van der Waals surface area contributed by atoms with Gasteiger partial charge in [-0.25, -0.2) is 4.98 Å². The highest BCUT2D eigenvalue weighted by atomic mass is 16.3. The van der Waals surface area contributed by atoms with E-state index in [1.165, 1.54) is 7.05 Å². The van der Waals surface area contributed by atoms with Gasteiger partial charge < -0.3 is 0 Å². The Morgan fingerprint density at radius 1 is 1.23 bits per heavy atom. The number of rotatable bonds is 1. The molecule has 0 aliphatic heterocycles. The summed E-state index contributed by atoms with van der Waals surface area (Å²) in [4.78, 5) is 15.3. The second-order valence-corrected chi connectivity index (χ2v) is 2.85. The minimum atomic E-state index is 0.609. The van der Waals surface area contributed by atoms with Crippen molar-refractivity contribution in [3.05, 3.63) is 41.4 Å². The number of benzene rings is 1. The van der Waals surface area contributed by atoms with E-state index < -0.39 is 0 Å². The molecule has 64 valence electrons. The van der Waals surface area contributed by atoms with Gasteiger partial charge in [-0.2, -0.15) is 0 Å². The Labute approximate surface area is 75.6 Å². The Kier molecular flexibility index (Phi) is 1.77. The molecule has 3 heteroatoms. The Morgan fingerprint density at radius 3 is 2.77 bits per heavy atom. The zero-order valence-corrected chi connectivity index (χ0v) is 7.27. The molecule has 0 bridgehead atoms. The number of fused-ring (bicyclic) bond motifs is 1. The van der Waals surface area contributed by atoms with Gasteiger partial charge in [0.15, 0.2) is 7.05 Å². The highest BCUT2D eigenvalue weighted by Crippen LogP contribution is 2.21. The predicted molar refractivity (Wildman–Crippen MR) is 51.0 cm³/mol. The fourth-order valence-electron chi connectivity index (χ4n) is 1.34. The smallest absolute Gasteiger partial charge is 0.249 e. The molecule has 13 heavy (non-hydrogen) atoms. The van der Waals surface area contributed by atoms with Crippen LogP contribution in [0.15, 0.2) is 36.5 Å². The summed E-state index contributed by atoms with van der Waals surface area (Å²) in [5.41, 5.74) is 1.36. The van der Waals surface area contributed by atoms with E-state index >= 15 is 0 Å².